The van der Waals surface area contributed by atoms with Crippen LogP contribution in [0, 0.1) is 18.3 Å². The SMILES string of the molecule is CC[C@H]1COC(=O)N1c1nc(C)nc(N[C@@H](C)c2cc3cc(C#N)c(OCc4ccccn4)cc3[nH]c2=O)n1. The van der Waals surface area contributed by atoms with Crippen LogP contribution < -0.4 is 20.5 Å². The first-order valence-electron chi connectivity index (χ1n) is 12.4. The van der Waals surface area contributed by atoms with Crippen LogP contribution in [-0.2, 0) is 11.3 Å². The Morgan fingerprint density at radius 3 is 2.85 bits per heavy atom. The number of cyclic esters (lactones) is 1. The van der Waals surface area contributed by atoms with Gasteiger partial charge in [0.05, 0.1) is 28.9 Å². The minimum absolute atomic E-state index is 0.167. The number of nitrogens with zero attached hydrogens (tertiary/aromatic N) is 6. The third-order valence-electron chi connectivity index (χ3n) is 6.39. The van der Waals surface area contributed by atoms with Gasteiger partial charge in [-0.2, -0.15) is 20.2 Å². The molecule has 12 heteroatoms. The zero-order valence-electron chi connectivity index (χ0n) is 21.6. The molecule has 1 saturated heterocycles. The third kappa shape index (κ3) is 5.33. The van der Waals surface area contributed by atoms with Crippen LogP contribution in [0.5, 0.6) is 5.75 Å². The van der Waals surface area contributed by atoms with Crippen molar-refractivity contribution in [2.75, 3.05) is 16.8 Å². The molecule has 5 rings (SSSR count). The molecule has 0 spiro atoms. The maximum Gasteiger partial charge on any atom is 0.417 e. The zero-order chi connectivity index (χ0) is 27.5. The van der Waals surface area contributed by atoms with Crippen LogP contribution in [0.15, 0.2) is 47.4 Å². The average Bonchev–Trinajstić information content (AvgIpc) is 3.31. The Morgan fingerprint density at radius 2 is 2.10 bits per heavy atom. The molecule has 2 N–H and O–H groups in total. The number of pyridine rings is 2. The first kappa shape index (κ1) is 25.6. The number of rotatable bonds is 8. The number of benzene rings is 1. The molecule has 1 aliphatic heterocycles. The number of nitriles is 1. The normalized spacial score (nSPS) is 15.6. The molecule has 198 valence electrons. The van der Waals surface area contributed by atoms with Gasteiger partial charge in [-0.15, -0.1) is 0 Å². The monoisotopic (exact) mass is 526 g/mol. The molecule has 12 nitrogen and oxygen atoms in total. The number of aromatic nitrogens is 5. The fraction of sp³-hybridized carbons (Fsp3) is 0.296. The molecule has 4 aromatic rings. The van der Waals surface area contributed by atoms with Gasteiger partial charge in [0.2, 0.25) is 11.9 Å². The maximum absolute atomic E-state index is 13.0. The quantitative estimate of drug-likeness (QED) is 0.346. The van der Waals surface area contributed by atoms with Crippen molar-refractivity contribution in [1.82, 2.24) is 24.9 Å². The van der Waals surface area contributed by atoms with Gasteiger partial charge in [-0.25, -0.2) is 9.69 Å². The number of ether oxygens (including phenoxy) is 2. The number of anilines is 2. The van der Waals surface area contributed by atoms with Crippen molar-refractivity contribution in [2.24, 2.45) is 0 Å². The van der Waals surface area contributed by atoms with Crippen LogP contribution in [-0.4, -0.2) is 43.7 Å². The van der Waals surface area contributed by atoms with Crippen molar-refractivity contribution in [2.45, 2.75) is 45.9 Å². The molecule has 1 aliphatic rings. The standard InChI is InChI=1S/C27H26N8O4/c1-4-20-14-39-27(37)35(20)26-32-16(3)31-25(34-26)30-15(2)21-10-17-9-18(12-28)23(11-22(17)33-24(21)36)38-13-19-7-5-6-8-29-19/h5-11,15,20H,4,13-14H2,1-3H3,(H,33,36)(H,30,31,32,34)/t15-,20-/m0/s1. The van der Waals surface area contributed by atoms with Crippen molar-refractivity contribution in [3.05, 3.63) is 75.6 Å². The van der Waals surface area contributed by atoms with E-state index in [0.717, 1.165) is 0 Å². The van der Waals surface area contributed by atoms with Gasteiger partial charge in [-0.05, 0) is 44.5 Å². The van der Waals surface area contributed by atoms with Crippen molar-refractivity contribution in [3.8, 4) is 11.8 Å². The topological polar surface area (TPSA) is 159 Å². The highest BCUT2D eigenvalue weighted by Gasteiger charge is 2.35. The Balaban J connectivity index is 1.41. The number of carbonyl (C=O) groups is 1. The third-order valence-corrected chi connectivity index (χ3v) is 6.39. The van der Waals surface area contributed by atoms with E-state index in [2.05, 4.69) is 36.3 Å². The summed E-state index contributed by atoms with van der Waals surface area (Å²) in [6.07, 6.45) is 1.84. The lowest BCUT2D eigenvalue weighted by Gasteiger charge is -2.20. The average molecular weight is 527 g/mol. The number of aromatic amines is 1. The van der Waals surface area contributed by atoms with Gasteiger partial charge in [-0.3, -0.25) is 9.78 Å². The molecule has 1 fully saturated rings. The van der Waals surface area contributed by atoms with E-state index in [1.165, 1.54) is 4.90 Å². The molecule has 0 radical (unpaired) electrons. The van der Waals surface area contributed by atoms with Crippen LogP contribution in [0.4, 0.5) is 16.7 Å². The zero-order valence-corrected chi connectivity index (χ0v) is 21.6. The van der Waals surface area contributed by atoms with E-state index in [0.29, 0.717) is 45.7 Å². The predicted molar refractivity (Wildman–Crippen MR) is 142 cm³/mol. The Bertz CT molecular complexity index is 1630. The molecular formula is C27H26N8O4. The Kier molecular flexibility index (Phi) is 7.05. The number of hydrogen-bond acceptors (Lipinski definition) is 10. The summed E-state index contributed by atoms with van der Waals surface area (Å²) in [5.74, 6) is 1.17. The number of hydrogen-bond donors (Lipinski definition) is 2. The van der Waals surface area contributed by atoms with Gasteiger partial charge in [0.1, 0.15) is 30.9 Å². The molecule has 2 atom stereocenters. The molecule has 0 unspecified atom stereocenters. The number of fused-ring (bicyclic) bond motifs is 1. The Hall–Kier alpha value is -5.05. The fourth-order valence-corrected chi connectivity index (χ4v) is 4.33. The van der Waals surface area contributed by atoms with Crippen LogP contribution in [0.25, 0.3) is 10.9 Å². The molecular weight excluding hydrogens is 500 g/mol. The lowest BCUT2D eigenvalue weighted by molar-refractivity contribution is 0.178. The molecule has 39 heavy (non-hydrogen) atoms. The lowest BCUT2D eigenvalue weighted by Crippen LogP contribution is -2.35. The molecule has 0 aliphatic carbocycles. The van der Waals surface area contributed by atoms with Crippen LogP contribution in [0.2, 0.25) is 0 Å². The van der Waals surface area contributed by atoms with Crippen molar-refractivity contribution >= 4 is 28.9 Å². The summed E-state index contributed by atoms with van der Waals surface area (Å²) >= 11 is 0. The van der Waals surface area contributed by atoms with Gasteiger partial charge in [-0.1, -0.05) is 13.0 Å². The smallest absolute Gasteiger partial charge is 0.417 e. The predicted octanol–water partition coefficient (Wildman–Crippen LogP) is 3.78. The lowest BCUT2D eigenvalue weighted by atomic mass is 10.1. The first-order chi connectivity index (χ1) is 18.9. The molecule has 4 heterocycles. The number of nitrogens with one attached hydrogen (secondary N) is 2. The van der Waals surface area contributed by atoms with Crippen molar-refractivity contribution in [3.63, 3.8) is 0 Å². The van der Waals surface area contributed by atoms with Crippen molar-refractivity contribution < 1.29 is 14.3 Å². The van der Waals surface area contributed by atoms with Gasteiger partial charge in [0.15, 0.2) is 0 Å². The van der Waals surface area contributed by atoms with Gasteiger partial charge >= 0.3 is 6.09 Å². The summed E-state index contributed by atoms with van der Waals surface area (Å²) in [6.45, 7) is 5.90. The summed E-state index contributed by atoms with van der Waals surface area (Å²) < 4.78 is 11.0. The van der Waals surface area contributed by atoms with Gasteiger partial charge in [0.25, 0.3) is 5.56 Å². The van der Waals surface area contributed by atoms with E-state index < -0.39 is 12.1 Å². The summed E-state index contributed by atoms with van der Waals surface area (Å²) in [7, 11) is 0. The Morgan fingerprint density at radius 1 is 1.26 bits per heavy atom. The molecule has 1 amide bonds. The summed E-state index contributed by atoms with van der Waals surface area (Å²) in [5, 5.41) is 13.5. The van der Waals surface area contributed by atoms with Crippen molar-refractivity contribution in [1.29, 1.82) is 5.26 Å². The minimum Gasteiger partial charge on any atom is -0.486 e. The summed E-state index contributed by atoms with van der Waals surface area (Å²) in [6, 6.07) is 12.0. The summed E-state index contributed by atoms with van der Waals surface area (Å²) in [4.78, 5) is 46.9. The Labute approximate surface area is 223 Å². The van der Waals surface area contributed by atoms with E-state index >= 15 is 0 Å². The molecule has 1 aromatic carbocycles. The van der Waals surface area contributed by atoms with E-state index in [9.17, 15) is 14.9 Å². The van der Waals surface area contributed by atoms with E-state index in [1.54, 1.807) is 38.2 Å². The minimum atomic E-state index is -0.508. The van der Waals surface area contributed by atoms with Crippen LogP contribution in [0.1, 0.15) is 49.0 Å². The van der Waals surface area contributed by atoms with Gasteiger partial charge in [0, 0.05) is 23.2 Å². The molecule has 3 aromatic heterocycles. The second-order valence-corrected chi connectivity index (χ2v) is 9.09. The van der Waals surface area contributed by atoms with Gasteiger partial charge < -0.3 is 19.8 Å². The first-order valence-corrected chi connectivity index (χ1v) is 12.4. The van der Waals surface area contributed by atoms with E-state index in [-0.39, 0.29) is 36.7 Å². The highest BCUT2D eigenvalue weighted by molar-refractivity contribution is 5.88. The van der Waals surface area contributed by atoms with Crippen LogP contribution in [0.3, 0.4) is 0 Å². The van der Waals surface area contributed by atoms with E-state index in [1.807, 2.05) is 25.1 Å². The molecule has 0 saturated carbocycles. The second-order valence-electron chi connectivity index (χ2n) is 9.09. The summed E-state index contributed by atoms with van der Waals surface area (Å²) in [5.41, 5.74) is 1.68. The maximum atomic E-state index is 13.0. The number of aryl methyl sites for hydroxylation is 1. The second kappa shape index (κ2) is 10.7. The fourth-order valence-electron chi connectivity index (χ4n) is 4.33. The molecule has 0 bridgehead atoms. The van der Waals surface area contributed by atoms with E-state index in [4.69, 9.17) is 9.47 Å². The largest absolute Gasteiger partial charge is 0.486 e. The highest BCUT2D eigenvalue weighted by atomic mass is 16.6. The van der Waals surface area contributed by atoms with Crippen LogP contribution >= 0.6 is 0 Å². The number of carbonyl (C=O) groups excluding carboxylic acids is 1. The number of amides is 1. The number of H-pyrrole nitrogens is 1. The highest BCUT2D eigenvalue weighted by Crippen LogP contribution is 2.27.